The van der Waals surface area contributed by atoms with E-state index in [1.165, 1.54) is 22.5 Å². The number of sulfonamides is 1. The van der Waals surface area contributed by atoms with Crippen molar-refractivity contribution >= 4 is 10.0 Å². The van der Waals surface area contributed by atoms with Crippen LogP contribution in [0.2, 0.25) is 0 Å². The standard InChI is InChI=1S/C16H25FN2O2S/c1-13(2)6-7-18-8-10-19(11-9-18)22(20,21)15-4-5-16(17)14(3)12-15/h4-5,12-13H,6-11H2,1-3H3. The van der Waals surface area contributed by atoms with E-state index in [4.69, 9.17) is 0 Å². The molecule has 1 aliphatic rings. The summed E-state index contributed by atoms with van der Waals surface area (Å²) in [6.07, 6.45) is 1.13. The van der Waals surface area contributed by atoms with E-state index in [1.54, 1.807) is 6.92 Å². The Bertz CT molecular complexity index is 609. The number of hydrogen-bond acceptors (Lipinski definition) is 3. The fourth-order valence-corrected chi connectivity index (χ4v) is 4.07. The minimum absolute atomic E-state index is 0.182. The molecule has 0 bridgehead atoms. The average Bonchev–Trinajstić information content (AvgIpc) is 2.48. The Morgan fingerprint density at radius 2 is 1.82 bits per heavy atom. The van der Waals surface area contributed by atoms with Crippen molar-refractivity contribution < 1.29 is 12.8 Å². The molecule has 1 aromatic rings. The van der Waals surface area contributed by atoms with Gasteiger partial charge >= 0.3 is 0 Å². The van der Waals surface area contributed by atoms with Crippen molar-refractivity contribution in [3.8, 4) is 0 Å². The van der Waals surface area contributed by atoms with Gasteiger partial charge in [0.2, 0.25) is 10.0 Å². The van der Waals surface area contributed by atoms with Gasteiger partial charge in [-0.05, 0) is 49.6 Å². The molecule has 0 aromatic heterocycles. The lowest BCUT2D eigenvalue weighted by atomic mass is 10.1. The van der Waals surface area contributed by atoms with E-state index in [1.807, 2.05) is 0 Å². The third-order valence-electron chi connectivity index (χ3n) is 4.12. The van der Waals surface area contributed by atoms with Crippen LogP contribution < -0.4 is 0 Å². The largest absolute Gasteiger partial charge is 0.301 e. The molecule has 0 spiro atoms. The zero-order valence-electron chi connectivity index (χ0n) is 13.5. The van der Waals surface area contributed by atoms with Gasteiger partial charge in [0.25, 0.3) is 0 Å². The van der Waals surface area contributed by atoms with Crippen LogP contribution in [0.1, 0.15) is 25.8 Å². The van der Waals surface area contributed by atoms with Gasteiger partial charge in [0.05, 0.1) is 4.90 Å². The fourth-order valence-electron chi connectivity index (χ4n) is 2.56. The summed E-state index contributed by atoms with van der Waals surface area (Å²) in [6.45, 7) is 9.49. The molecule has 22 heavy (non-hydrogen) atoms. The van der Waals surface area contributed by atoms with Gasteiger partial charge in [-0.2, -0.15) is 4.31 Å². The summed E-state index contributed by atoms with van der Waals surface area (Å²) in [7, 11) is -3.52. The second-order valence-electron chi connectivity index (χ2n) is 6.34. The van der Waals surface area contributed by atoms with Gasteiger partial charge in [0.15, 0.2) is 0 Å². The van der Waals surface area contributed by atoms with Crippen molar-refractivity contribution in [3.63, 3.8) is 0 Å². The summed E-state index contributed by atoms with van der Waals surface area (Å²) in [5.41, 5.74) is 0.358. The van der Waals surface area contributed by atoms with Crippen molar-refractivity contribution in [1.82, 2.24) is 9.21 Å². The lowest BCUT2D eigenvalue weighted by molar-refractivity contribution is 0.180. The van der Waals surface area contributed by atoms with E-state index in [-0.39, 0.29) is 10.7 Å². The highest BCUT2D eigenvalue weighted by molar-refractivity contribution is 7.89. The van der Waals surface area contributed by atoms with Crippen LogP contribution in [-0.2, 0) is 10.0 Å². The van der Waals surface area contributed by atoms with Crippen LogP contribution in [0, 0.1) is 18.7 Å². The smallest absolute Gasteiger partial charge is 0.243 e. The number of nitrogens with zero attached hydrogens (tertiary/aromatic N) is 2. The van der Waals surface area contributed by atoms with Crippen molar-refractivity contribution in [2.45, 2.75) is 32.1 Å². The molecule has 124 valence electrons. The molecule has 6 heteroatoms. The molecule has 2 rings (SSSR count). The molecule has 4 nitrogen and oxygen atoms in total. The van der Waals surface area contributed by atoms with Gasteiger partial charge in [0.1, 0.15) is 5.82 Å². The van der Waals surface area contributed by atoms with Crippen LogP contribution in [-0.4, -0.2) is 50.3 Å². The summed E-state index contributed by atoms with van der Waals surface area (Å²) in [5.74, 6) is 0.279. The molecule has 0 saturated carbocycles. The quantitative estimate of drug-likeness (QED) is 0.834. The molecular weight excluding hydrogens is 303 g/mol. The Morgan fingerprint density at radius 3 is 2.36 bits per heavy atom. The van der Waals surface area contributed by atoms with Crippen molar-refractivity contribution in [2.24, 2.45) is 5.92 Å². The Kier molecular flexibility index (Phi) is 5.58. The van der Waals surface area contributed by atoms with E-state index in [2.05, 4.69) is 18.7 Å². The molecule has 1 heterocycles. The van der Waals surface area contributed by atoms with Crippen LogP contribution in [0.25, 0.3) is 0 Å². The molecular formula is C16H25FN2O2S. The van der Waals surface area contributed by atoms with Gasteiger partial charge in [-0.25, -0.2) is 12.8 Å². The Hall–Kier alpha value is -0.980. The van der Waals surface area contributed by atoms with Gasteiger partial charge in [-0.1, -0.05) is 13.8 Å². The first-order valence-corrected chi connectivity index (χ1v) is 9.23. The molecule has 0 unspecified atom stereocenters. The van der Waals surface area contributed by atoms with Crippen molar-refractivity contribution in [3.05, 3.63) is 29.6 Å². The number of rotatable bonds is 5. The summed E-state index contributed by atoms with van der Waals surface area (Å²) in [5, 5.41) is 0. The van der Waals surface area contributed by atoms with Gasteiger partial charge in [0, 0.05) is 26.2 Å². The maximum Gasteiger partial charge on any atom is 0.243 e. The topological polar surface area (TPSA) is 40.6 Å². The predicted octanol–water partition coefficient (Wildman–Crippen LogP) is 2.49. The van der Waals surface area contributed by atoms with Gasteiger partial charge < -0.3 is 4.90 Å². The first kappa shape index (κ1) is 17.4. The monoisotopic (exact) mass is 328 g/mol. The van der Waals surface area contributed by atoms with E-state index in [0.29, 0.717) is 24.6 Å². The summed E-state index contributed by atoms with van der Waals surface area (Å²) >= 11 is 0. The maximum absolute atomic E-state index is 13.3. The van der Waals surface area contributed by atoms with E-state index in [9.17, 15) is 12.8 Å². The van der Waals surface area contributed by atoms with Gasteiger partial charge in [-0.15, -0.1) is 0 Å². The molecule has 1 saturated heterocycles. The molecule has 0 amide bonds. The first-order chi connectivity index (χ1) is 10.3. The van der Waals surface area contributed by atoms with E-state index < -0.39 is 10.0 Å². The fraction of sp³-hybridized carbons (Fsp3) is 0.625. The van der Waals surface area contributed by atoms with Crippen LogP contribution in [0.4, 0.5) is 4.39 Å². The van der Waals surface area contributed by atoms with Crippen LogP contribution >= 0.6 is 0 Å². The van der Waals surface area contributed by atoms with Crippen LogP contribution in [0.15, 0.2) is 23.1 Å². The highest BCUT2D eigenvalue weighted by atomic mass is 32.2. The summed E-state index contributed by atoms with van der Waals surface area (Å²) < 4.78 is 40.0. The highest BCUT2D eigenvalue weighted by Crippen LogP contribution is 2.20. The molecule has 1 fully saturated rings. The zero-order valence-corrected chi connectivity index (χ0v) is 14.4. The minimum atomic E-state index is -3.52. The third kappa shape index (κ3) is 4.06. The number of benzene rings is 1. The Balaban J connectivity index is 2.01. The average molecular weight is 328 g/mol. The second-order valence-corrected chi connectivity index (χ2v) is 8.28. The zero-order chi connectivity index (χ0) is 16.3. The number of aryl methyl sites for hydroxylation is 1. The van der Waals surface area contributed by atoms with Crippen molar-refractivity contribution in [2.75, 3.05) is 32.7 Å². The second kappa shape index (κ2) is 7.06. The van der Waals surface area contributed by atoms with Gasteiger partial charge in [-0.3, -0.25) is 0 Å². The minimum Gasteiger partial charge on any atom is -0.301 e. The maximum atomic E-state index is 13.3. The molecule has 0 atom stereocenters. The highest BCUT2D eigenvalue weighted by Gasteiger charge is 2.28. The van der Waals surface area contributed by atoms with E-state index >= 15 is 0 Å². The predicted molar refractivity (Wildman–Crippen MR) is 85.8 cm³/mol. The van der Waals surface area contributed by atoms with Crippen LogP contribution in [0.5, 0.6) is 0 Å². The molecule has 1 aliphatic heterocycles. The SMILES string of the molecule is Cc1cc(S(=O)(=O)N2CCN(CCC(C)C)CC2)ccc1F. The number of piperazine rings is 1. The number of halogens is 1. The summed E-state index contributed by atoms with van der Waals surface area (Å²) in [4.78, 5) is 2.49. The Labute approximate surface area is 133 Å². The number of hydrogen-bond donors (Lipinski definition) is 0. The lowest BCUT2D eigenvalue weighted by Crippen LogP contribution is -2.48. The van der Waals surface area contributed by atoms with Crippen LogP contribution in [0.3, 0.4) is 0 Å². The van der Waals surface area contributed by atoms with Crippen molar-refractivity contribution in [1.29, 1.82) is 0 Å². The summed E-state index contributed by atoms with van der Waals surface area (Å²) in [6, 6.07) is 3.99. The molecule has 0 aliphatic carbocycles. The van der Waals surface area contributed by atoms with E-state index in [0.717, 1.165) is 26.1 Å². The first-order valence-electron chi connectivity index (χ1n) is 7.79. The molecule has 0 N–H and O–H groups in total. The third-order valence-corrected chi connectivity index (χ3v) is 6.02. The Morgan fingerprint density at radius 1 is 1.18 bits per heavy atom. The molecule has 0 radical (unpaired) electrons. The lowest BCUT2D eigenvalue weighted by Gasteiger charge is -2.34. The molecule has 1 aromatic carbocycles. The normalized spacial score (nSPS) is 18.0.